The molecular weight excluding hydrogens is 270 g/mol. The summed E-state index contributed by atoms with van der Waals surface area (Å²) in [5.41, 5.74) is -0.513. The van der Waals surface area contributed by atoms with Gasteiger partial charge in [0, 0.05) is 19.6 Å². The van der Waals surface area contributed by atoms with E-state index in [0.29, 0.717) is 25.6 Å². The van der Waals surface area contributed by atoms with Crippen LogP contribution < -0.4 is 0 Å². The van der Waals surface area contributed by atoms with Gasteiger partial charge in [0.05, 0.1) is 12.1 Å². The molecule has 116 valence electrons. The molecule has 2 fully saturated rings. The Morgan fingerprint density at radius 1 is 1.33 bits per heavy atom. The van der Waals surface area contributed by atoms with Gasteiger partial charge >= 0.3 is 6.09 Å². The Morgan fingerprint density at radius 2 is 2.05 bits per heavy atom. The van der Waals surface area contributed by atoms with Crippen LogP contribution in [0.3, 0.4) is 0 Å². The van der Waals surface area contributed by atoms with E-state index in [4.69, 9.17) is 10.00 Å². The van der Waals surface area contributed by atoms with E-state index in [-0.39, 0.29) is 24.5 Å². The van der Waals surface area contributed by atoms with E-state index in [2.05, 4.69) is 0 Å². The van der Waals surface area contributed by atoms with Crippen LogP contribution in [0.1, 0.15) is 40.0 Å². The molecule has 0 bridgehead atoms. The molecule has 0 aliphatic carbocycles. The maximum absolute atomic E-state index is 12.2. The highest BCUT2D eigenvalue weighted by molar-refractivity contribution is 5.79. The first-order valence-corrected chi connectivity index (χ1v) is 7.46. The molecule has 2 heterocycles. The first-order chi connectivity index (χ1) is 9.81. The third-order valence-corrected chi connectivity index (χ3v) is 3.98. The molecule has 2 saturated heterocycles. The second kappa shape index (κ2) is 5.92. The Hall–Kier alpha value is -1.77. The van der Waals surface area contributed by atoms with Gasteiger partial charge in [-0.05, 0) is 39.5 Å². The summed E-state index contributed by atoms with van der Waals surface area (Å²) in [6, 6.07) is 1.95. The molecular formula is C15H23N3O3. The predicted molar refractivity (Wildman–Crippen MR) is 76.3 cm³/mol. The van der Waals surface area contributed by atoms with Gasteiger partial charge in [-0.15, -0.1) is 0 Å². The van der Waals surface area contributed by atoms with Crippen molar-refractivity contribution in [1.82, 2.24) is 9.80 Å². The van der Waals surface area contributed by atoms with Gasteiger partial charge in [0.15, 0.2) is 0 Å². The number of rotatable bonds is 1. The van der Waals surface area contributed by atoms with Crippen LogP contribution in [0.5, 0.6) is 0 Å². The van der Waals surface area contributed by atoms with Crippen molar-refractivity contribution in [2.45, 2.75) is 51.7 Å². The average Bonchev–Trinajstić information content (AvgIpc) is 2.80. The van der Waals surface area contributed by atoms with Crippen molar-refractivity contribution >= 4 is 12.0 Å². The van der Waals surface area contributed by atoms with Gasteiger partial charge in [0.1, 0.15) is 12.0 Å². The molecule has 2 aliphatic rings. The van der Waals surface area contributed by atoms with E-state index in [9.17, 15) is 9.59 Å². The van der Waals surface area contributed by atoms with Gasteiger partial charge < -0.3 is 14.5 Å². The molecule has 0 aromatic carbocycles. The molecule has 6 heteroatoms. The minimum Gasteiger partial charge on any atom is -0.444 e. The minimum atomic E-state index is -0.513. The van der Waals surface area contributed by atoms with Crippen LogP contribution in [0, 0.1) is 17.2 Å². The van der Waals surface area contributed by atoms with Crippen LogP contribution in [0.2, 0.25) is 0 Å². The molecule has 6 nitrogen and oxygen atoms in total. The van der Waals surface area contributed by atoms with E-state index in [0.717, 1.165) is 12.8 Å². The standard InChI is InChI=1S/C15H23N3O3/c1-15(2,3)21-14(20)17-9-11-5-4-8-18(12(11)10-17)13(19)6-7-16/h11-12H,4-6,8-10H2,1-3H3/t11-,12+/m0/s1. The normalized spacial score (nSPS) is 25.2. The molecule has 2 aliphatic heterocycles. The molecule has 0 aromatic rings. The molecule has 2 atom stereocenters. The van der Waals surface area contributed by atoms with Gasteiger partial charge in [0.2, 0.25) is 5.91 Å². The van der Waals surface area contributed by atoms with Gasteiger partial charge in [0.25, 0.3) is 0 Å². The predicted octanol–water partition coefficient (Wildman–Crippen LogP) is 1.76. The summed E-state index contributed by atoms with van der Waals surface area (Å²) in [6.45, 7) is 7.36. The molecule has 0 N–H and O–H groups in total. The van der Waals surface area contributed by atoms with Crippen molar-refractivity contribution in [3.8, 4) is 6.07 Å². The van der Waals surface area contributed by atoms with Crippen molar-refractivity contribution in [2.75, 3.05) is 19.6 Å². The lowest BCUT2D eigenvalue weighted by Gasteiger charge is -2.36. The van der Waals surface area contributed by atoms with Crippen LogP contribution in [0.4, 0.5) is 4.79 Å². The highest BCUT2D eigenvalue weighted by atomic mass is 16.6. The van der Waals surface area contributed by atoms with Gasteiger partial charge in [-0.1, -0.05) is 0 Å². The van der Waals surface area contributed by atoms with Crippen molar-refractivity contribution < 1.29 is 14.3 Å². The molecule has 0 radical (unpaired) electrons. The highest BCUT2D eigenvalue weighted by Gasteiger charge is 2.43. The summed E-state index contributed by atoms with van der Waals surface area (Å²) in [6.07, 6.45) is 1.54. The average molecular weight is 293 g/mol. The Kier molecular flexibility index (Phi) is 4.40. The number of likely N-dealkylation sites (tertiary alicyclic amines) is 2. The fraction of sp³-hybridized carbons (Fsp3) is 0.800. The largest absolute Gasteiger partial charge is 0.444 e. The third-order valence-electron chi connectivity index (χ3n) is 3.98. The Balaban J connectivity index is 2.02. The summed E-state index contributed by atoms with van der Waals surface area (Å²) in [7, 11) is 0. The smallest absolute Gasteiger partial charge is 0.410 e. The lowest BCUT2D eigenvalue weighted by molar-refractivity contribution is -0.134. The Morgan fingerprint density at radius 3 is 2.67 bits per heavy atom. The summed E-state index contributed by atoms with van der Waals surface area (Å²) in [5, 5.41) is 8.69. The molecule has 0 spiro atoms. The zero-order chi connectivity index (χ0) is 15.6. The quantitative estimate of drug-likeness (QED) is 0.738. The Labute approximate surface area is 125 Å². The van der Waals surface area contributed by atoms with E-state index >= 15 is 0 Å². The van der Waals surface area contributed by atoms with Crippen molar-refractivity contribution in [2.24, 2.45) is 5.92 Å². The first kappa shape index (κ1) is 15.6. The summed E-state index contributed by atoms with van der Waals surface area (Å²) in [4.78, 5) is 27.6. The fourth-order valence-electron chi connectivity index (χ4n) is 3.13. The van der Waals surface area contributed by atoms with E-state index in [1.807, 2.05) is 26.8 Å². The SMILES string of the molecule is CC(C)(C)OC(=O)N1C[C@@H]2CCCN(C(=O)CC#N)[C@@H]2C1. The maximum atomic E-state index is 12.2. The van der Waals surface area contributed by atoms with Crippen molar-refractivity contribution in [1.29, 1.82) is 5.26 Å². The topological polar surface area (TPSA) is 73.6 Å². The van der Waals surface area contributed by atoms with Gasteiger partial charge in [-0.25, -0.2) is 4.79 Å². The van der Waals surface area contributed by atoms with E-state index in [1.54, 1.807) is 9.80 Å². The molecule has 0 unspecified atom stereocenters. The molecule has 21 heavy (non-hydrogen) atoms. The number of piperidine rings is 1. The number of nitrogens with zero attached hydrogens (tertiary/aromatic N) is 3. The zero-order valence-corrected chi connectivity index (χ0v) is 13.0. The van der Waals surface area contributed by atoms with Crippen LogP contribution in [0.25, 0.3) is 0 Å². The lowest BCUT2D eigenvalue weighted by atomic mass is 9.92. The fourth-order valence-corrected chi connectivity index (χ4v) is 3.13. The number of nitriles is 1. The van der Waals surface area contributed by atoms with Crippen molar-refractivity contribution in [3.05, 3.63) is 0 Å². The van der Waals surface area contributed by atoms with Crippen LogP contribution >= 0.6 is 0 Å². The van der Waals surface area contributed by atoms with E-state index < -0.39 is 5.60 Å². The van der Waals surface area contributed by atoms with Gasteiger partial charge in [-0.2, -0.15) is 5.26 Å². The molecule has 2 rings (SSSR count). The summed E-state index contributed by atoms with van der Waals surface area (Å²) in [5.74, 6) is 0.173. The second-order valence-corrected chi connectivity index (χ2v) is 6.78. The van der Waals surface area contributed by atoms with Crippen LogP contribution in [-0.4, -0.2) is 53.1 Å². The molecule has 0 saturated carbocycles. The number of amides is 2. The van der Waals surface area contributed by atoms with E-state index in [1.165, 1.54) is 0 Å². The zero-order valence-electron chi connectivity index (χ0n) is 13.0. The number of carbonyl (C=O) groups is 2. The summed E-state index contributed by atoms with van der Waals surface area (Å²) < 4.78 is 5.40. The number of fused-ring (bicyclic) bond motifs is 1. The maximum Gasteiger partial charge on any atom is 0.410 e. The molecule has 2 amide bonds. The first-order valence-electron chi connectivity index (χ1n) is 7.46. The molecule has 0 aromatic heterocycles. The van der Waals surface area contributed by atoms with Gasteiger partial charge in [-0.3, -0.25) is 4.79 Å². The second-order valence-electron chi connectivity index (χ2n) is 6.78. The monoisotopic (exact) mass is 293 g/mol. The van der Waals surface area contributed by atoms with Crippen LogP contribution in [-0.2, 0) is 9.53 Å². The van der Waals surface area contributed by atoms with Crippen LogP contribution in [0.15, 0.2) is 0 Å². The Bertz CT molecular complexity index is 464. The lowest BCUT2D eigenvalue weighted by Crippen LogP contribution is -2.48. The number of hydrogen-bond acceptors (Lipinski definition) is 4. The third kappa shape index (κ3) is 3.66. The minimum absolute atomic E-state index is 0.0344. The number of ether oxygens (including phenoxy) is 1. The van der Waals surface area contributed by atoms with Crippen molar-refractivity contribution in [3.63, 3.8) is 0 Å². The summed E-state index contributed by atoms with van der Waals surface area (Å²) >= 11 is 0. The number of hydrogen-bond donors (Lipinski definition) is 0. The number of carbonyl (C=O) groups excluding carboxylic acids is 2. The highest BCUT2D eigenvalue weighted by Crippen LogP contribution is 2.31.